The molecule has 0 spiro atoms. The number of nitriles is 1. The SMILES string of the molecule is Cc1nc(CNc2cccc(C#N)c2)cs1. The summed E-state index contributed by atoms with van der Waals surface area (Å²) < 4.78 is 0. The molecule has 0 aliphatic rings. The van der Waals surface area contributed by atoms with Gasteiger partial charge in [0.25, 0.3) is 0 Å². The highest BCUT2D eigenvalue weighted by molar-refractivity contribution is 7.09. The van der Waals surface area contributed by atoms with Crippen LogP contribution in [0.15, 0.2) is 29.6 Å². The van der Waals surface area contributed by atoms with Crippen LogP contribution in [0.25, 0.3) is 0 Å². The Morgan fingerprint density at radius 2 is 2.38 bits per heavy atom. The standard InChI is InChI=1S/C12H11N3S/c1-9-15-12(8-16-9)7-14-11-4-2-3-10(5-11)6-13/h2-5,8,14H,7H2,1H3. The second kappa shape index (κ2) is 4.77. The van der Waals surface area contributed by atoms with Gasteiger partial charge in [-0.15, -0.1) is 11.3 Å². The second-order valence-corrected chi connectivity index (χ2v) is 4.47. The number of nitrogens with zero attached hydrogens (tertiary/aromatic N) is 2. The molecule has 16 heavy (non-hydrogen) atoms. The molecule has 80 valence electrons. The number of thiazole rings is 1. The third-order valence-electron chi connectivity index (χ3n) is 2.13. The molecule has 0 saturated carbocycles. The van der Waals surface area contributed by atoms with Crippen LogP contribution >= 0.6 is 11.3 Å². The van der Waals surface area contributed by atoms with E-state index in [1.807, 2.05) is 30.5 Å². The third kappa shape index (κ3) is 2.59. The van der Waals surface area contributed by atoms with Gasteiger partial charge < -0.3 is 5.32 Å². The smallest absolute Gasteiger partial charge is 0.0992 e. The van der Waals surface area contributed by atoms with Crippen molar-refractivity contribution in [2.45, 2.75) is 13.5 Å². The van der Waals surface area contributed by atoms with Gasteiger partial charge in [-0.3, -0.25) is 0 Å². The quantitative estimate of drug-likeness (QED) is 0.880. The van der Waals surface area contributed by atoms with E-state index in [-0.39, 0.29) is 0 Å². The van der Waals surface area contributed by atoms with E-state index in [9.17, 15) is 0 Å². The Morgan fingerprint density at radius 1 is 1.50 bits per heavy atom. The van der Waals surface area contributed by atoms with E-state index in [0.717, 1.165) is 16.4 Å². The number of nitrogens with one attached hydrogen (secondary N) is 1. The van der Waals surface area contributed by atoms with E-state index in [1.165, 1.54) is 0 Å². The summed E-state index contributed by atoms with van der Waals surface area (Å²) in [5.74, 6) is 0. The summed E-state index contributed by atoms with van der Waals surface area (Å²) in [6.45, 7) is 2.68. The molecule has 0 unspecified atom stereocenters. The minimum Gasteiger partial charge on any atom is -0.379 e. The molecule has 0 saturated heterocycles. The number of aromatic nitrogens is 1. The Bertz CT molecular complexity index is 525. The fraction of sp³-hybridized carbons (Fsp3) is 0.167. The third-order valence-corrected chi connectivity index (χ3v) is 2.95. The van der Waals surface area contributed by atoms with E-state index in [0.29, 0.717) is 12.1 Å². The molecule has 0 aliphatic carbocycles. The van der Waals surface area contributed by atoms with Gasteiger partial charge >= 0.3 is 0 Å². The topological polar surface area (TPSA) is 48.7 Å². The van der Waals surface area contributed by atoms with Crippen molar-refractivity contribution in [3.05, 3.63) is 45.9 Å². The van der Waals surface area contributed by atoms with E-state index in [1.54, 1.807) is 17.4 Å². The lowest BCUT2D eigenvalue weighted by Gasteiger charge is -2.03. The number of aryl methyl sites for hydroxylation is 1. The van der Waals surface area contributed by atoms with Gasteiger partial charge in [0.05, 0.1) is 28.9 Å². The molecule has 2 rings (SSSR count). The molecule has 0 atom stereocenters. The van der Waals surface area contributed by atoms with Crippen molar-refractivity contribution in [2.24, 2.45) is 0 Å². The number of hydrogen-bond acceptors (Lipinski definition) is 4. The maximum atomic E-state index is 8.76. The first-order valence-electron chi connectivity index (χ1n) is 4.93. The summed E-state index contributed by atoms with van der Waals surface area (Å²) in [4.78, 5) is 4.36. The van der Waals surface area contributed by atoms with Crippen molar-refractivity contribution in [1.82, 2.24) is 4.98 Å². The maximum absolute atomic E-state index is 8.76. The van der Waals surface area contributed by atoms with Crippen LogP contribution in [-0.2, 0) is 6.54 Å². The maximum Gasteiger partial charge on any atom is 0.0992 e. The van der Waals surface area contributed by atoms with Crippen LogP contribution in [0.3, 0.4) is 0 Å². The van der Waals surface area contributed by atoms with Gasteiger partial charge in [-0.05, 0) is 25.1 Å². The molecule has 0 radical (unpaired) electrons. The Balaban J connectivity index is 2.02. The first kappa shape index (κ1) is 10.7. The lowest BCUT2D eigenvalue weighted by molar-refractivity contribution is 1.05. The predicted octanol–water partition coefficient (Wildman–Crippen LogP) is 2.94. The van der Waals surface area contributed by atoms with Gasteiger partial charge in [0.2, 0.25) is 0 Å². The highest BCUT2D eigenvalue weighted by Crippen LogP contribution is 2.13. The van der Waals surface area contributed by atoms with Crippen LogP contribution in [-0.4, -0.2) is 4.98 Å². The summed E-state index contributed by atoms with van der Waals surface area (Å²) in [5, 5.41) is 15.1. The van der Waals surface area contributed by atoms with Crippen LogP contribution in [0.4, 0.5) is 5.69 Å². The molecule has 2 aromatic rings. The van der Waals surface area contributed by atoms with Gasteiger partial charge in [0, 0.05) is 11.1 Å². The lowest BCUT2D eigenvalue weighted by Crippen LogP contribution is -1.99. The average Bonchev–Trinajstić information content (AvgIpc) is 2.73. The van der Waals surface area contributed by atoms with Crippen LogP contribution < -0.4 is 5.32 Å². The van der Waals surface area contributed by atoms with E-state index < -0.39 is 0 Å². The molecular weight excluding hydrogens is 218 g/mol. The summed E-state index contributed by atoms with van der Waals surface area (Å²) in [6, 6.07) is 9.55. The van der Waals surface area contributed by atoms with Crippen molar-refractivity contribution < 1.29 is 0 Å². The molecular formula is C12H11N3S. The van der Waals surface area contributed by atoms with Crippen LogP contribution in [0.5, 0.6) is 0 Å². The fourth-order valence-electron chi connectivity index (χ4n) is 1.38. The summed E-state index contributed by atoms with van der Waals surface area (Å²) in [7, 11) is 0. The van der Waals surface area contributed by atoms with Gasteiger partial charge in [-0.1, -0.05) is 6.07 Å². The van der Waals surface area contributed by atoms with Crippen molar-refractivity contribution in [3.8, 4) is 6.07 Å². The molecule has 1 heterocycles. The Kier molecular flexibility index (Phi) is 3.18. The van der Waals surface area contributed by atoms with E-state index in [2.05, 4.69) is 16.4 Å². The predicted molar refractivity (Wildman–Crippen MR) is 65.3 cm³/mol. The van der Waals surface area contributed by atoms with E-state index in [4.69, 9.17) is 5.26 Å². The Morgan fingerprint density at radius 3 is 3.06 bits per heavy atom. The van der Waals surface area contributed by atoms with Gasteiger partial charge in [0.15, 0.2) is 0 Å². The van der Waals surface area contributed by atoms with Crippen molar-refractivity contribution in [1.29, 1.82) is 5.26 Å². The minimum absolute atomic E-state index is 0.666. The van der Waals surface area contributed by atoms with Crippen molar-refractivity contribution in [2.75, 3.05) is 5.32 Å². The first-order valence-corrected chi connectivity index (χ1v) is 5.81. The lowest BCUT2D eigenvalue weighted by atomic mass is 10.2. The molecule has 1 N–H and O–H groups in total. The average molecular weight is 229 g/mol. The number of benzene rings is 1. The molecule has 0 bridgehead atoms. The first-order chi connectivity index (χ1) is 7.78. The van der Waals surface area contributed by atoms with Crippen LogP contribution in [0.1, 0.15) is 16.3 Å². The molecule has 1 aromatic carbocycles. The fourth-order valence-corrected chi connectivity index (χ4v) is 1.99. The normalized spacial score (nSPS) is 9.75. The second-order valence-electron chi connectivity index (χ2n) is 3.40. The summed E-state index contributed by atoms with van der Waals surface area (Å²) in [6.07, 6.45) is 0. The number of hydrogen-bond donors (Lipinski definition) is 1. The number of rotatable bonds is 3. The van der Waals surface area contributed by atoms with Crippen molar-refractivity contribution in [3.63, 3.8) is 0 Å². The Labute approximate surface area is 98.4 Å². The molecule has 0 amide bonds. The highest BCUT2D eigenvalue weighted by atomic mass is 32.1. The molecule has 1 aromatic heterocycles. The van der Waals surface area contributed by atoms with Gasteiger partial charge in [-0.2, -0.15) is 5.26 Å². The summed E-state index contributed by atoms with van der Waals surface area (Å²) in [5.41, 5.74) is 2.65. The van der Waals surface area contributed by atoms with Crippen molar-refractivity contribution >= 4 is 17.0 Å². The zero-order valence-corrected chi connectivity index (χ0v) is 9.71. The minimum atomic E-state index is 0.666. The molecule has 4 heteroatoms. The molecule has 0 fully saturated rings. The van der Waals surface area contributed by atoms with Crippen LogP contribution in [0.2, 0.25) is 0 Å². The Hall–Kier alpha value is -1.86. The zero-order valence-electron chi connectivity index (χ0n) is 8.90. The molecule has 0 aliphatic heterocycles. The van der Waals surface area contributed by atoms with Crippen LogP contribution in [0, 0.1) is 18.3 Å². The zero-order chi connectivity index (χ0) is 11.4. The van der Waals surface area contributed by atoms with Gasteiger partial charge in [-0.25, -0.2) is 4.98 Å². The molecule has 3 nitrogen and oxygen atoms in total. The monoisotopic (exact) mass is 229 g/mol. The van der Waals surface area contributed by atoms with Gasteiger partial charge in [0.1, 0.15) is 0 Å². The van der Waals surface area contributed by atoms with E-state index >= 15 is 0 Å². The largest absolute Gasteiger partial charge is 0.379 e. The highest BCUT2D eigenvalue weighted by Gasteiger charge is 1.98. The summed E-state index contributed by atoms with van der Waals surface area (Å²) >= 11 is 1.64. The number of anilines is 1.